The van der Waals surface area contributed by atoms with Crippen LogP contribution in [0.3, 0.4) is 0 Å². The lowest BCUT2D eigenvalue weighted by Crippen LogP contribution is -2.45. The van der Waals surface area contributed by atoms with E-state index in [9.17, 15) is 9.59 Å². The van der Waals surface area contributed by atoms with Gasteiger partial charge in [-0.2, -0.15) is 0 Å². The molecule has 6 heteroatoms. The zero-order valence-electron chi connectivity index (χ0n) is 12.8. The van der Waals surface area contributed by atoms with Crippen LogP contribution in [0.25, 0.3) is 0 Å². The maximum atomic E-state index is 12.5. The first-order valence-corrected chi connectivity index (χ1v) is 7.96. The van der Waals surface area contributed by atoms with Gasteiger partial charge >= 0.3 is 12.0 Å². The molecule has 2 N–H and O–H groups in total. The van der Waals surface area contributed by atoms with E-state index in [1.54, 1.807) is 6.92 Å². The van der Waals surface area contributed by atoms with Crippen LogP contribution in [0, 0.1) is 0 Å². The number of allylic oxidation sites excluding steroid dienone is 1. The lowest BCUT2D eigenvalue weighted by Gasteiger charge is -2.29. The second-order valence-electron chi connectivity index (χ2n) is 5.25. The van der Waals surface area contributed by atoms with Gasteiger partial charge in [-0.1, -0.05) is 35.0 Å². The Balaban J connectivity index is 2.39. The summed E-state index contributed by atoms with van der Waals surface area (Å²) in [7, 11) is 0. The number of amides is 2. The summed E-state index contributed by atoms with van der Waals surface area (Å²) >= 11 is 3.41. The van der Waals surface area contributed by atoms with Crippen LogP contribution >= 0.6 is 15.9 Å². The highest BCUT2D eigenvalue weighted by Crippen LogP contribution is 2.29. The quantitative estimate of drug-likeness (QED) is 0.802. The summed E-state index contributed by atoms with van der Waals surface area (Å²) < 4.78 is 6.31. The normalized spacial score (nSPS) is 19.3. The predicted octanol–water partition coefficient (Wildman–Crippen LogP) is 3.42. The Morgan fingerprint density at radius 3 is 2.82 bits per heavy atom. The van der Waals surface area contributed by atoms with Gasteiger partial charge in [-0.25, -0.2) is 9.59 Å². The summed E-state index contributed by atoms with van der Waals surface area (Å²) in [6.45, 7) is 5.50. The van der Waals surface area contributed by atoms with Crippen LogP contribution in [-0.2, 0) is 9.53 Å². The topological polar surface area (TPSA) is 67.4 Å². The van der Waals surface area contributed by atoms with Crippen LogP contribution in [0.4, 0.5) is 4.79 Å². The summed E-state index contributed by atoms with van der Waals surface area (Å²) in [4.78, 5) is 24.2. The Morgan fingerprint density at radius 2 is 2.18 bits per heavy atom. The summed E-state index contributed by atoms with van der Waals surface area (Å²) in [5, 5.41) is 5.42. The molecule has 1 heterocycles. The van der Waals surface area contributed by atoms with Gasteiger partial charge in [0.25, 0.3) is 0 Å². The van der Waals surface area contributed by atoms with Gasteiger partial charge in [0.05, 0.1) is 17.7 Å². The molecule has 2 rings (SSSR count). The molecule has 22 heavy (non-hydrogen) atoms. The van der Waals surface area contributed by atoms with Gasteiger partial charge in [0.2, 0.25) is 0 Å². The first-order chi connectivity index (χ1) is 10.4. The molecule has 0 bridgehead atoms. The Kier molecular flexibility index (Phi) is 5.24. The maximum absolute atomic E-state index is 12.5. The molecule has 0 aromatic heterocycles. The van der Waals surface area contributed by atoms with Crippen molar-refractivity contribution in [2.24, 2.45) is 0 Å². The van der Waals surface area contributed by atoms with Gasteiger partial charge in [0.1, 0.15) is 0 Å². The van der Waals surface area contributed by atoms with Crippen molar-refractivity contribution in [2.75, 3.05) is 0 Å². The van der Waals surface area contributed by atoms with Crippen LogP contribution < -0.4 is 10.6 Å². The van der Waals surface area contributed by atoms with Crippen LogP contribution in [0.5, 0.6) is 0 Å². The van der Waals surface area contributed by atoms with Crippen molar-refractivity contribution >= 4 is 27.9 Å². The first kappa shape index (κ1) is 16.5. The number of nitrogens with one attached hydrogen (secondary N) is 2. The van der Waals surface area contributed by atoms with Crippen LogP contribution in [-0.4, -0.2) is 18.1 Å². The SMILES string of the molecule is CCC(C)OC(=O)C1=C(C)NC(=O)NC1c1cccc(Br)c1. The molecule has 1 aliphatic rings. The van der Waals surface area contributed by atoms with E-state index in [0.29, 0.717) is 11.3 Å². The Hall–Kier alpha value is -1.82. The molecule has 0 aliphatic carbocycles. The molecule has 0 saturated heterocycles. The smallest absolute Gasteiger partial charge is 0.338 e. The van der Waals surface area contributed by atoms with Gasteiger partial charge in [0.15, 0.2) is 0 Å². The summed E-state index contributed by atoms with van der Waals surface area (Å²) in [5.74, 6) is -0.413. The van der Waals surface area contributed by atoms with E-state index in [1.165, 1.54) is 0 Å². The van der Waals surface area contributed by atoms with Crippen LogP contribution in [0.15, 0.2) is 40.0 Å². The number of carbonyl (C=O) groups excluding carboxylic acids is 2. The molecule has 0 fully saturated rings. The third kappa shape index (κ3) is 3.68. The lowest BCUT2D eigenvalue weighted by molar-refractivity contribution is -0.144. The number of halogens is 1. The number of carbonyl (C=O) groups is 2. The molecule has 0 radical (unpaired) electrons. The number of hydrogen-bond donors (Lipinski definition) is 2. The van der Waals surface area contributed by atoms with E-state index in [1.807, 2.05) is 38.1 Å². The van der Waals surface area contributed by atoms with Crippen LogP contribution in [0.1, 0.15) is 38.8 Å². The van der Waals surface area contributed by atoms with Gasteiger partial charge in [-0.3, -0.25) is 0 Å². The molecule has 2 unspecified atom stereocenters. The number of rotatable bonds is 4. The summed E-state index contributed by atoms with van der Waals surface area (Å²) in [6, 6.07) is 6.64. The third-order valence-corrected chi connectivity index (χ3v) is 4.05. The molecule has 1 aromatic rings. The lowest BCUT2D eigenvalue weighted by atomic mass is 9.95. The highest BCUT2D eigenvalue weighted by Gasteiger charge is 2.32. The number of hydrogen-bond acceptors (Lipinski definition) is 3. The van der Waals surface area contributed by atoms with E-state index in [4.69, 9.17) is 4.74 Å². The zero-order chi connectivity index (χ0) is 16.3. The monoisotopic (exact) mass is 366 g/mol. The van der Waals surface area contributed by atoms with Crippen molar-refractivity contribution in [1.29, 1.82) is 0 Å². The van der Waals surface area contributed by atoms with Crippen molar-refractivity contribution < 1.29 is 14.3 Å². The van der Waals surface area contributed by atoms with Gasteiger partial charge in [0, 0.05) is 10.2 Å². The van der Waals surface area contributed by atoms with Crippen molar-refractivity contribution in [2.45, 2.75) is 39.3 Å². The molecular formula is C16H19BrN2O3. The molecule has 2 amide bonds. The van der Waals surface area contributed by atoms with E-state index < -0.39 is 12.0 Å². The highest BCUT2D eigenvalue weighted by atomic mass is 79.9. The largest absolute Gasteiger partial charge is 0.459 e. The van der Waals surface area contributed by atoms with Crippen molar-refractivity contribution in [3.8, 4) is 0 Å². The molecule has 118 valence electrons. The minimum absolute atomic E-state index is 0.173. The average Bonchev–Trinajstić information content (AvgIpc) is 2.46. The summed E-state index contributed by atoms with van der Waals surface area (Å²) in [5.41, 5.74) is 1.76. The molecule has 5 nitrogen and oxygen atoms in total. The molecular weight excluding hydrogens is 348 g/mol. The highest BCUT2D eigenvalue weighted by molar-refractivity contribution is 9.10. The Bertz CT molecular complexity index is 628. The van der Waals surface area contributed by atoms with Crippen LogP contribution in [0.2, 0.25) is 0 Å². The number of benzene rings is 1. The van der Waals surface area contributed by atoms with Crippen molar-refractivity contribution in [3.05, 3.63) is 45.6 Å². The molecule has 1 aliphatic heterocycles. The first-order valence-electron chi connectivity index (χ1n) is 7.17. The Labute approximate surface area is 138 Å². The number of urea groups is 1. The predicted molar refractivity (Wildman–Crippen MR) is 87.1 cm³/mol. The van der Waals surface area contributed by atoms with E-state index in [2.05, 4.69) is 26.6 Å². The number of ether oxygens (including phenoxy) is 1. The molecule has 0 spiro atoms. The standard InChI is InChI=1S/C16H19BrN2O3/c1-4-9(2)22-15(20)13-10(3)18-16(21)19-14(13)11-6-5-7-12(17)8-11/h5-9,14H,4H2,1-3H3,(H2,18,19,21). The average molecular weight is 367 g/mol. The van der Waals surface area contributed by atoms with Gasteiger partial charge in [-0.05, 0) is 38.0 Å². The third-order valence-electron chi connectivity index (χ3n) is 3.55. The fourth-order valence-corrected chi connectivity index (χ4v) is 2.65. The fourth-order valence-electron chi connectivity index (χ4n) is 2.23. The second kappa shape index (κ2) is 6.96. The minimum atomic E-state index is -0.525. The maximum Gasteiger partial charge on any atom is 0.338 e. The van der Waals surface area contributed by atoms with Gasteiger partial charge in [-0.15, -0.1) is 0 Å². The second-order valence-corrected chi connectivity index (χ2v) is 6.17. The molecule has 0 saturated carbocycles. The van der Waals surface area contributed by atoms with E-state index >= 15 is 0 Å². The number of esters is 1. The van der Waals surface area contributed by atoms with Crippen molar-refractivity contribution in [1.82, 2.24) is 10.6 Å². The van der Waals surface area contributed by atoms with E-state index in [-0.39, 0.29) is 12.1 Å². The summed E-state index contributed by atoms with van der Waals surface area (Å²) in [6.07, 6.45) is 0.563. The van der Waals surface area contributed by atoms with E-state index in [0.717, 1.165) is 16.5 Å². The molecule has 1 aromatic carbocycles. The Morgan fingerprint density at radius 1 is 1.45 bits per heavy atom. The van der Waals surface area contributed by atoms with Gasteiger partial charge < -0.3 is 15.4 Å². The zero-order valence-corrected chi connectivity index (χ0v) is 14.4. The molecule has 2 atom stereocenters. The fraction of sp³-hybridized carbons (Fsp3) is 0.375. The minimum Gasteiger partial charge on any atom is -0.459 e. The van der Waals surface area contributed by atoms with Crippen molar-refractivity contribution in [3.63, 3.8) is 0 Å².